The molecule has 2 aliphatic rings. The van der Waals surface area contributed by atoms with Crippen molar-refractivity contribution in [3.63, 3.8) is 0 Å². The molecule has 1 saturated heterocycles. The van der Waals surface area contributed by atoms with E-state index in [4.69, 9.17) is 11.6 Å². The second-order valence-corrected chi connectivity index (χ2v) is 7.23. The Hall–Kier alpha value is -1.85. The summed E-state index contributed by atoms with van der Waals surface area (Å²) in [7, 11) is 0. The number of benzene rings is 1. The van der Waals surface area contributed by atoms with Gasteiger partial charge in [0.1, 0.15) is 18.0 Å². The van der Waals surface area contributed by atoms with Crippen molar-refractivity contribution in [1.29, 1.82) is 0 Å². The zero-order valence-corrected chi connectivity index (χ0v) is 15.2. The third-order valence-corrected chi connectivity index (χ3v) is 5.31. The monoisotopic (exact) mass is 357 g/mol. The summed E-state index contributed by atoms with van der Waals surface area (Å²) in [5.41, 5.74) is 2.61. The molecule has 2 aliphatic heterocycles. The van der Waals surface area contributed by atoms with Crippen LogP contribution in [0.1, 0.15) is 24.0 Å². The molecule has 4 rings (SSSR count). The average Bonchev–Trinajstić information content (AvgIpc) is 2.90. The molecule has 0 atom stereocenters. The van der Waals surface area contributed by atoms with Crippen molar-refractivity contribution < 1.29 is 0 Å². The molecule has 6 heteroatoms. The highest BCUT2D eigenvalue weighted by molar-refractivity contribution is 6.30. The van der Waals surface area contributed by atoms with Crippen molar-refractivity contribution in [2.45, 2.75) is 25.8 Å². The van der Waals surface area contributed by atoms with Crippen LogP contribution in [0.15, 0.2) is 30.6 Å². The van der Waals surface area contributed by atoms with Crippen molar-refractivity contribution in [1.82, 2.24) is 14.9 Å². The summed E-state index contributed by atoms with van der Waals surface area (Å²) in [6.07, 6.45) is 5.18. The van der Waals surface area contributed by atoms with Gasteiger partial charge in [-0.2, -0.15) is 0 Å². The Morgan fingerprint density at radius 1 is 1.00 bits per heavy atom. The fourth-order valence-corrected chi connectivity index (χ4v) is 3.78. The number of piperazine rings is 1. The Balaban J connectivity index is 1.41. The Bertz CT molecular complexity index is 710. The maximum absolute atomic E-state index is 5.97. The third-order valence-electron chi connectivity index (χ3n) is 5.06. The van der Waals surface area contributed by atoms with E-state index in [1.54, 1.807) is 6.33 Å². The van der Waals surface area contributed by atoms with E-state index in [2.05, 4.69) is 37.2 Å². The van der Waals surface area contributed by atoms with Crippen LogP contribution in [-0.4, -0.2) is 47.6 Å². The zero-order valence-electron chi connectivity index (χ0n) is 14.4. The molecule has 1 aromatic carbocycles. The van der Waals surface area contributed by atoms with Crippen LogP contribution in [0.3, 0.4) is 0 Å². The number of hydrogen-bond donors (Lipinski definition) is 1. The lowest BCUT2D eigenvalue weighted by atomic mass is 10.1. The van der Waals surface area contributed by atoms with Crippen molar-refractivity contribution in [2.24, 2.45) is 0 Å². The number of anilines is 2. The third kappa shape index (κ3) is 3.88. The van der Waals surface area contributed by atoms with Gasteiger partial charge in [0, 0.05) is 49.9 Å². The van der Waals surface area contributed by atoms with Crippen LogP contribution in [0, 0.1) is 0 Å². The van der Waals surface area contributed by atoms with Gasteiger partial charge < -0.3 is 10.2 Å². The maximum atomic E-state index is 5.97. The first-order valence-electron chi connectivity index (χ1n) is 9.09. The Morgan fingerprint density at radius 3 is 2.60 bits per heavy atom. The van der Waals surface area contributed by atoms with Gasteiger partial charge in [-0.05, 0) is 37.0 Å². The van der Waals surface area contributed by atoms with Gasteiger partial charge in [0.05, 0.1) is 0 Å². The topological polar surface area (TPSA) is 44.3 Å². The van der Waals surface area contributed by atoms with Gasteiger partial charge in [-0.1, -0.05) is 23.7 Å². The summed E-state index contributed by atoms with van der Waals surface area (Å²) < 4.78 is 0. The quantitative estimate of drug-likeness (QED) is 0.913. The lowest BCUT2D eigenvalue weighted by Gasteiger charge is -2.36. The number of fused-ring (bicyclic) bond motifs is 1. The molecule has 0 spiro atoms. The molecule has 1 fully saturated rings. The van der Waals surface area contributed by atoms with E-state index in [1.807, 2.05) is 12.1 Å². The maximum Gasteiger partial charge on any atom is 0.137 e. The van der Waals surface area contributed by atoms with Gasteiger partial charge in [-0.25, -0.2) is 9.97 Å². The second kappa shape index (κ2) is 7.58. The van der Waals surface area contributed by atoms with E-state index in [0.717, 1.165) is 62.3 Å². The second-order valence-electron chi connectivity index (χ2n) is 6.80. The van der Waals surface area contributed by atoms with Crippen LogP contribution in [0.25, 0.3) is 0 Å². The zero-order chi connectivity index (χ0) is 17.1. The average molecular weight is 358 g/mol. The summed E-state index contributed by atoms with van der Waals surface area (Å²) in [6, 6.07) is 8.17. The van der Waals surface area contributed by atoms with Crippen LogP contribution < -0.4 is 10.2 Å². The molecule has 0 saturated carbocycles. The van der Waals surface area contributed by atoms with Gasteiger partial charge in [0.15, 0.2) is 0 Å². The molecule has 5 nitrogen and oxygen atoms in total. The van der Waals surface area contributed by atoms with Crippen LogP contribution in [-0.2, 0) is 13.0 Å². The van der Waals surface area contributed by atoms with E-state index in [1.165, 1.54) is 24.0 Å². The van der Waals surface area contributed by atoms with E-state index in [9.17, 15) is 0 Å². The molecular formula is C19H24ClN5. The largest absolute Gasteiger partial charge is 0.370 e. The van der Waals surface area contributed by atoms with Crippen molar-refractivity contribution in [2.75, 3.05) is 42.9 Å². The Morgan fingerprint density at radius 2 is 1.80 bits per heavy atom. The summed E-state index contributed by atoms with van der Waals surface area (Å²) in [5.74, 6) is 2.16. The standard InChI is InChI=1S/C19H24ClN5/c20-16-6-4-15(5-7-16)13-24-9-11-25(12-10-24)19-17-3-1-2-8-21-18(17)22-14-23-19/h4-7,14H,1-3,8-13H2,(H,21,22,23). The molecule has 132 valence electrons. The van der Waals surface area contributed by atoms with E-state index in [0.29, 0.717) is 0 Å². The number of hydrogen-bond acceptors (Lipinski definition) is 5. The highest BCUT2D eigenvalue weighted by Gasteiger charge is 2.23. The highest BCUT2D eigenvalue weighted by Crippen LogP contribution is 2.28. The number of nitrogens with zero attached hydrogens (tertiary/aromatic N) is 4. The fourth-order valence-electron chi connectivity index (χ4n) is 3.66. The van der Waals surface area contributed by atoms with Crippen LogP contribution in [0.2, 0.25) is 5.02 Å². The van der Waals surface area contributed by atoms with E-state index >= 15 is 0 Å². The predicted molar refractivity (Wildman–Crippen MR) is 102 cm³/mol. The van der Waals surface area contributed by atoms with Crippen LogP contribution in [0.4, 0.5) is 11.6 Å². The Kier molecular flexibility index (Phi) is 5.04. The lowest BCUT2D eigenvalue weighted by Crippen LogP contribution is -2.46. The lowest BCUT2D eigenvalue weighted by molar-refractivity contribution is 0.249. The molecule has 25 heavy (non-hydrogen) atoms. The molecule has 0 amide bonds. The van der Waals surface area contributed by atoms with Crippen molar-refractivity contribution in [3.8, 4) is 0 Å². The van der Waals surface area contributed by atoms with Gasteiger partial charge in [0.25, 0.3) is 0 Å². The molecular weight excluding hydrogens is 334 g/mol. The van der Waals surface area contributed by atoms with E-state index < -0.39 is 0 Å². The van der Waals surface area contributed by atoms with Gasteiger partial charge in [0.2, 0.25) is 0 Å². The smallest absolute Gasteiger partial charge is 0.137 e. The molecule has 0 radical (unpaired) electrons. The van der Waals surface area contributed by atoms with Crippen LogP contribution in [0.5, 0.6) is 0 Å². The Labute approximate surface area is 154 Å². The molecule has 0 bridgehead atoms. The van der Waals surface area contributed by atoms with Gasteiger partial charge >= 0.3 is 0 Å². The molecule has 1 aromatic heterocycles. The highest BCUT2D eigenvalue weighted by atomic mass is 35.5. The number of aromatic nitrogens is 2. The summed E-state index contributed by atoms with van der Waals surface area (Å²) >= 11 is 5.97. The van der Waals surface area contributed by atoms with Crippen LogP contribution >= 0.6 is 11.6 Å². The first-order chi connectivity index (χ1) is 12.3. The summed E-state index contributed by atoms with van der Waals surface area (Å²) in [6.45, 7) is 6.12. The number of halogens is 1. The first kappa shape index (κ1) is 16.6. The minimum atomic E-state index is 0.798. The summed E-state index contributed by atoms with van der Waals surface area (Å²) in [4.78, 5) is 14.0. The number of nitrogens with one attached hydrogen (secondary N) is 1. The molecule has 3 heterocycles. The normalized spacial score (nSPS) is 18.4. The molecule has 1 N–H and O–H groups in total. The predicted octanol–water partition coefficient (Wildman–Crippen LogP) is 3.20. The minimum absolute atomic E-state index is 0.798. The molecule has 2 aromatic rings. The molecule has 0 unspecified atom stereocenters. The molecule has 0 aliphatic carbocycles. The van der Waals surface area contributed by atoms with Gasteiger partial charge in [-0.15, -0.1) is 0 Å². The van der Waals surface area contributed by atoms with Gasteiger partial charge in [-0.3, -0.25) is 4.90 Å². The van der Waals surface area contributed by atoms with Crippen molar-refractivity contribution in [3.05, 3.63) is 46.7 Å². The SMILES string of the molecule is Clc1ccc(CN2CCN(c3ncnc4c3CCCCN4)CC2)cc1. The summed E-state index contributed by atoms with van der Waals surface area (Å²) in [5, 5.41) is 4.25. The minimum Gasteiger partial charge on any atom is -0.370 e. The fraction of sp³-hybridized carbons (Fsp3) is 0.474. The number of rotatable bonds is 3. The first-order valence-corrected chi connectivity index (χ1v) is 9.47. The van der Waals surface area contributed by atoms with E-state index in [-0.39, 0.29) is 0 Å². The van der Waals surface area contributed by atoms with Crippen molar-refractivity contribution >= 4 is 23.2 Å².